The van der Waals surface area contributed by atoms with Crippen LogP contribution in [0, 0.1) is 0 Å². The monoisotopic (exact) mass is 512 g/mol. The SMILES string of the molecule is NCCCNc1nc(Nc2ccc3c(c2)CCN(S(=O)(=O)C2CCCCC2)C3)ncc1C(F)(F)F. The van der Waals surface area contributed by atoms with Crippen LogP contribution in [0.4, 0.5) is 30.6 Å². The molecule has 0 saturated heterocycles. The normalized spacial score (nSPS) is 17.7. The lowest BCUT2D eigenvalue weighted by molar-refractivity contribution is -0.137. The Hall–Kier alpha value is -2.44. The van der Waals surface area contributed by atoms with E-state index in [2.05, 4.69) is 20.6 Å². The Morgan fingerprint density at radius 1 is 1.14 bits per heavy atom. The fourth-order valence-corrected chi connectivity index (χ4v) is 6.63. The van der Waals surface area contributed by atoms with Gasteiger partial charge >= 0.3 is 6.18 Å². The third-order valence-electron chi connectivity index (χ3n) is 6.54. The Morgan fingerprint density at radius 3 is 2.63 bits per heavy atom. The van der Waals surface area contributed by atoms with Crippen LogP contribution in [0.1, 0.15) is 55.2 Å². The molecule has 2 aromatic rings. The summed E-state index contributed by atoms with van der Waals surface area (Å²) in [5.74, 6) is -0.268. The van der Waals surface area contributed by atoms with Gasteiger partial charge in [0.25, 0.3) is 0 Å². The van der Waals surface area contributed by atoms with Crippen molar-refractivity contribution < 1.29 is 21.6 Å². The number of aromatic nitrogens is 2. The molecule has 1 aromatic carbocycles. The number of nitrogens with two attached hydrogens (primary N) is 1. The number of sulfonamides is 1. The molecule has 4 N–H and O–H groups in total. The Balaban J connectivity index is 1.48. The number of nitrogens with zero attached hydrogens (tertiary/aromatic N) is 3. The third kappa shape index (κ3) is 6.04. The van der Waals surface area contributed by atoms with Gasteiger partial charge in [-0.05, 0) is 55.5 Å². The van der Waals surface area contributed by atoms with Crippen LogP contribution in [-0.4, -0.2) is 47.6 Å². The van der Waals surface area contributed by atoms with Crippen LogP contribution in [0.2, 0.25) is 0 Å². The van der Waals surface area contributed by atoms with E-state index in [1.54, 1.807) is 10.4 Å². The highest BCUT2D eigenvalue weighted by Gasteiger charge is 2.36. The Labute approximate surface area is 203 Å². The van der Waals surface area contributed by atoms with Crippen LogP contribution >= 0.6 is 0 Å². The number of hydrogen-bond donors (Lipinski definition) is 3. The minimum Gasteiger partial charge on any atom is -0.369 e. The summed E-state index contributed by atoms with van der Waals surface area (Å²) in [6.45, 7) is 1.36. The first-order valence-corrected chi connectivity index (χ1v) is 13.4. The summed E-state index contributed by atoms with van der Waals surface area (Å²) in [5, 5.41) is 5.37. The lowest BCUT2D eigenvalue weighted by Crippen LogP contribution is -2.42. The van der Waals surface area contributed by atoms with Crippen LogP contribution in [0.5, 0.6) is 0 Å². The van der Waals surface area contributed by atoms with Gasteiger partial charge in [-0.1, -0.05) is 25.3 Å². The predicted octanol–water partition coefficient (Wildman–Crippen LogP) is 4.02. The number of nitrogens with one attached hydrogen (secondary N) is 2. The second-order valence-electron chi connectivity index (χ2n) is 9.02. The van der Waals surface area contributed by atoms with Crippen LogP contribution < -0.4 is 16.4 Å². The zero-order valence-electron chi connectivity index (χ0n) is 19.4. The fourth-order valence-electron chi connectivity index (χ4n) is 4.62. The molecule has 0 unspecified atom stereocenters. The van der Waals surface area contributed by atoms with Crippen molar-refractivity contribution in [1.82, 2.24) is 14.3 Å². The van der Waals surface area contributed by atoms with Gasteiger partial charge in [0.1, 0.15) is 11.4 Å². The van der Waals surface area contributed by atoms with Gasteiger partial charge in [-0.25, -0.2) is 13.4 Å². The largest absolute Gasteiger partial charge is 0.421 e. The second-order valence-corrected chi connectivity index (χ2v) is 11.2. The molecule has 0 bridgehead atoms. The molecule has 1 aliphatic heterocycles. The average Bonchev–Trinajstić information content (AvgIpc) is 2.84. The fraction of sp³-hybridized carbons (Fsp3) is 0.565. The van der Waals surface area contributed by atoms with Crippen LogP contribution in [0.15, 0.2) is 24.4 Å². The van der Waals surface area contributed by atoms with Crippen molar-refractivity contribution in [3.8, 4) is 0 Å². The topological polar surface area (TPSA) is 113 Å². The molecule has 0 radical (unpaired) electrons. The van der Waals surface area contributed by atoms with E-state index in [0.29, 0.717) is 38.2 Å². The average molecular weight is 513 g/mol. The van der Waals surface area contributed by atoms with Gasteiger partial charge in [-0.2, -0.15) is 22.5 Å². The molecule has 0 spiro atoms. The molecule has 4 rings (SSSR count). The smallest absolute Gasteiger partial charge is 0.369 e. The predicted molar refractivity (Wildman–Crippen MR) is 129 cm³/mol. The molecule has 192 valence electrons. The van der Waals surface area contributed by atoms with Gasteiger partial charge in [0.05, 0.1) is 5.25 Å². The van der Waals surface area contributed by atoms with Crippen LogP contribution in [0.3, 0.4) is 0 Å². The van der Waals surface area contributed by atoms with E-state index in [0.717, 1.165) is 49.4 Å². The van der Waals surface area contributed by atoms with Crippen molar-refractivity contribution >= 4 is 27.5 Å². The highest BCUT2D eigenvalue weighted by atomic mass is 32.2. The first-order chi connectivity index (χ1) is 16.7. The van der Waals surface area contributed by atoms with E-state index < -0.39 is 21.8 Å². The molecule has 0 amide bonds. The zero-order chi connectivity index (χ0) is 25.1. The summed E-state index contributed by atoms with van der Waals surface area (Å²) < 4.78 is 67.7. The molecule has 2 heterocycles. The molecule has 1 aliphatic carbocycles. The van der Waals surface area contributed by atoms with Crippen LogP contribution in [0.25, 0.3) is 0 Å². The van der Waals surface area contributed by atoms with Crippen molar-refractivity contribution in [2.75, 3.05) is 30.3 Å². The van der Waals surface area contributed by atoms with E-state index >= 15 is 0 Å². The molecular formula is C23H31F3N6O2S. The summed E-state index contributed by atoms with van der Waals surface area (Å²) in [4.78, 5) is 7.88. The maximum Gasteiger partial charge on any atom is 0.421 e. The van der Waals surface area contributed by atoms with Gasteiger partial charge in [-0.15, -0.1) is 0 Å². The molecule has 2 aliphatic rings. The van der Waals surface area contributed by atoms with Gasteiger partial charge in [-0.3, -0.25) is 0 Å². The molecule has 0 atom stereocenters. The highest BCUT2D eigenvalue weighted by molar-refractivity contribution is 7.89. The second kappa shape index (κ2) is 10.7. The summed E-state index contributed by atoms with van der Waals surface area (Å²) in [6.07, 6.45) is 1.71. The number of rotatable bonds is 8. The number of fused-ring (bicyclic) bond motifs is 1. The Morgan fingerprint density at radius 2 is 1.91 bits per heavy atom. The number of alkyl halides is 3. The van der Waals surface area contributed by atoms with Crippen molar-refractivity contribution in [2.45, 2.75) is 62.9 Å². The first kappa shape index (κ1) is 25.6. The lowest BCUT2D eigenvalue weighted by Gasteiger charge is -2.33. The van der Waals surface area contributed by atoms with E-state index in [1.807, 2.05) is 12.1 Å². The molecule has 1 saturated carbocycles. The summed E-state index contributed by atoms with van der Waals surface area (Å²) in [5.41, 5.74) is 7.04. The maximum absolute atomic E-state index is 13.3. The maximum atomic E-state index is 13.3. The molecular weight excluding hydrogens is 481 g/mol. The van der Waals surface area contributed by atoms with E-state index in [9.17, 15) is 21.6 Å². The van der Waals surface area contributed by atoms with Crippen molar-refractivity contribution in [1.29, 1.82) is 0 Å². The summed E-state index contributed by atoms with van der Waals surface area (Å²) >= 11 is 0. The van der Waals surface area contributed by atoms with Crippen molar-refractivity contribution in [3.05, 3.63) is 41.1 Å². The van der Waals surface area contributed by atoms with Crippen LogP contribution in [-0.2, 0) is 29.2 Å². The Bertz CT molecular complexity index is 1140. The van der Waals surface area contributed by atoms with E-state index in [-0.39, 0.29) is 23.6 Å². The number of halogens is 3. The van der Waals surface area contributed by atoms with Gasteiger partial charge in [0.2, 0.25) is 16.0 Å². The van der Waals surface area contributed by atoms with Gasteiger partial charge in [0, 0.05) is 31.5 Å². The summed E-state index contributed by atoms with van der Waals surface area (Å²) in [7, 11) is -3.33. The van der Waals surface area contributed by atoms with E-state index in [1.165, 1.54) is 0 Å². The minimum absolute atomic E-state index is 0.0329. The van der Waals surface area contributed by atoms with Crippen molar-refractivity contribution in [2.24, 2.45) is 5.73 Å². The van der Waals surface area contributed by atoms with Crippen molar-refractivity contribution in [3.63, 3.8) is 0 Å². The number of benzene rings is 1. The first-order valence-electron chi connectivity index (χ1n) is 11.9. The quantitative estimate of drug-likeness (QED) is 0.458. The molecule has 12 heteroatoms. The Kier molecular flexibility index (Phi) is 7.82. The standard InChI is InChI=1S/C23H31F3N6O2S/c24-23(25,26)20-14-29-22(31-21(20)28-11-4-10-27)30-18-8-7-17-15-32(12-9-16(17)13-18)35(33,34)19-5-2-1-3-6-19/h7-8,13-14,19H,1-6,9-12,15,27H2,(H2,28,29,30,31). The molecule has 35 heavy (non-hydrogen) atoms. The highest BCUT2D eigenvalue weighted by Crippen LogP contribution is 2.35. The zero-order valence-corrected chi connectivity index (χ0v) is 20.3. The molecule has 8 nitrogen and oxygen atoms in total. The third-order valence-corrected chi connectivity index (χ3v) is 8.89. The van der Waals surface area contributed by atoms with E-state index in [4.69, 9.17) is 5.73 Å². The molecule has 1 fully saturated rings. The lowest BCUT2D eigenvalue weighted by atomic mass is 10.0. The van der Waals surface area contributed by atoms with Gasteiger partial charge in [0.15, 0.2) is 0 Å². The minimum atomic E-state index is -4.58. The summed E-state index contributed by atoms with van der Waals surface area (Å²) in [6, 6.07) is 5.49. The molecule has 1 aromatic heterocycles. The number of hydrogen-bond acceptors (Lipinski definition) is 7. The number of anilines is 3. The van der Waals surface area contributed by atoms with Gasteiger partial charge < -0.3 is 16.4 Å².